The molecule has 0 amide bonds. The molecular weight excluding hydrogens is 406 g/mol. The van der Waals surface area contributed by atoms with E-state index in [4.69, 9.17) is 0 Å². The summed E-state index contributed by atoms with van der Waals surface area (Å²) in [7, 11) is 0. The van der Waals surface area contributed by atoms with Crippen molar-refractivity contribution in [3.8, 4) is 0 Å². The van der Waals surface area contributed by atoms with Crippen LogP contribution < -0.4 is 0 Å². The molecule has 0 spiro atoms. The normalized spacial score (nSPS) is 13.4. The Morgan fingerprint density at radius 1 is 0.864 bits per heavy atom. The zero-order chi connectivity index (χ0) is 14.0. The van der Waals surface area contributed by atoms with Gasteiger partial charge in [0.2, 0.25) is 0 Å². The second-order valence-electron chi connectivity index (χ2n) is 4.45. The Morgan fingerprint density at radius 2 is 1.14 bits per heavy atom. The summed E-state index contributed by atoms with van der Waals surface area (Å²) in [5.41, 5.74) is 5.65. The zero-order valence-electron chi connectivity index (χ0n) is 15.0. The van der Waals surface area contributed by atoms with Crippen LogP contribution in [0.15, 0.2) is 34.4 Å². The van der Waals surface area contributed by atoms with E-state index in [2.05, 4.69) is 52.0 Å². The van der Waals surface area contributed by atoms with Crippen LogP contribution in [0.3, 0.4) is 0 Å². The van der Waals surface area contributed by atoms with Crippen molar-refractivity contribution in [2.75, 3.05) is 0 Å². The van der Waals surface area contributed by atoms with Crippen LogP contribution in [-0.2, 0) is 23.3 Å². The van der Waals surface area contributed by atoms with Gasteiger partial charge in [0.1, 0.15) is 0 Å². The van der Waals surface area contributed by atoms with E-state index in [-0.39, 0.29) is 39.7 Å². The predicted molar refractivity (Wildman–Crippen MR) is 107 cm³/mol. The van der Waals surface area contributed by atoms with Crippen molar-refractivity contribution >= 4 is 31.7 Å². The molecule has 2 aliphatic rings. The summed E-state index contributed by atoms with van der Waals surface area (Å²) in [5, 5.41) is 0. The molecule has 0 aliphatic heterocycles. The molecule has 0 heterocycles. The minimum atomic E-state index is 0. The third-order valence-electron chi connectivity index (χ3n) is 2.79. The molecule has 0 aromatic heterocycles. The Hall–Kier alpha value is 0.640. The van der Waals surface area contributed by atoms with Gasteiger partial charge in [0.15, 0.2) is 0 Å². The van der Waals surface area contributed by atoms with Crippen molar-refractivity contribution in [2.45, 2.75) is 53.4 Å². The van der Waals surface area contributed by atoms with E-state index in [9.17, 15) is 0 Å². The Kier molecular flexibility index (Phi) is 33.5. The number of rotatable bonds is 2. The Balaban J connectivity index is -0.0000000676. The molecule has 2 aliphatic carbocycles. The molecule has 0 atom stereocenters. The van der Waals surface area contributed by atoms with Gasteiger partial charge in [0.05, 0.1) is 0 Å². The average molecular weight is 439 g/mol. The molecule has 130 valence electrons. The predicted octanol–water partition coefficient (Wildman–Crippen LogP) is 5.78. The van der Waals surface area contributed by atoms with Gasteiger partial charge >= 0.3 is 30.2 Å². The topological polar surface area (TPSA) is 0 Å². The van der Waals surface area contributed by atoms with Crippen LogP contribution in [0.2, 0.25) is 0 Å². The van der Waals surface area contributed by atoms with Crippen molar-refractivity contribution in [1.29, 1.82) is 0 Å². The van der Waals surface area contributed by atoms with Crippen molar-refractivity contribution in [3.05, 3.63) is 61.4 Å². The van der Waals surface area contributed by atoms with E-state index in [1.54, 1.807) is 23.3 Å². The fourth-order valence-corrected chi connectivity index (χ4v) is 1.76. The molecule has 0 N–H and O–H groups in total. The van der Waals surface area contributed by atoms with Crippen molar-refractivity contribution in [2.24, 2.45) is 0 Å². The van der Waals surface area contributed by atoms with Crippen molar-refractivity contribution in [1.82, 2.24) is 0 Å². The standard InChI is InChI=1S/2C8H11.2CH3.2ClH.H2Si.Zr/c2*1-3-8-5-4-7(2)6-8;;;;;;/h2*6H,3-4H2,1-2H3;2*1H3;2*1H;1H2;/q4*-1;;;;. The van der Waals surface area contributed by atoms with Gasteiger partial charge in [-0.25, -0.2) is 23.3 Å². The van der Waals surface area contributed by atoms with Gasteiger partial charge in [0.25, 0.3) is 0 Å². The van der Waals surface area contributed by atoms with E-state index in [1.807, 2.05) is 6.88 Å². The first kappa shape index (κ1) is 34.1. The van der Waals surface area contributed by atoms with Crippen LogP contribution in [0.25, 0.3) is 0 Å². The maximum absolute atomic E-state index is 3.28. The zero-order valence-corrected chi connectivity index (χ0v) is 20.5. The van der Waals surface area contributed by atoms with Gasteiger partial charge in [-0.15, -0.1) is 37.7 Å². The molecule has 0 unspecified atom stereocenters. The van der Waals surface area contributed by atoms with E-state index in [0.717, 1.165) is 25.7 Å². The second-order valence-corrected chi connectivity index (χ2v) is 4.45. The fraction of sp³-hybridized carbons (Fsp3) is 0.444. The maximum atomic E-state index is 3.28. The summed E-state index contributed by atoms with van der Waals surface area (Å²) in [6.07, 6.45) is 15.4. The number of halogens is 2. The third-order valence-corrected chi connectivity index (χ3v) is 2.79. The molecule has 0 saturated carbocycles. The summed E-state index contributed by atoms with van der Waals surface area (Å²) >= 11 is 1.58. The fourth-order valence-electron chi connectivity index (χ4n) is 1.76. The Morgan fingerprint density at radius 3 is 1.23 bits per heavy atom. The number of hydrogen-bond donors (Lipinski definition) is 0. The van der Waals surface area contributed by atoms with Crippen LogP contribution in [0.5, 0.6) is 0 Å². The van der Waals surface area contributed by atoms with E-state index in [1.165, 1.54) is 22.3 Å². The molecule has 22 heavy (non-hydrogen) atoms. The Labute approximate surface area is 169 Å². The molecule has 0 radical (unpaired) electrons. The summed E-state index contributed by atoms with van der Waals surface area (Å²) < 4.78 is 0. The minimum absolute atomic E-state index is 0. The molecule has 0 aromatic carbocycles. The SMILES string of the molecule is CCC1=[C-]CC(C)=C1.CCC1=[C-]CC(C)=C1.Cl.Cl.[CH3-].[CH3-].[SiH2]=[Zr]. The number of hydrogen-bond acceptors (Lipinski definition) is 0. The van der Waals surface area contributed by atoms with Crippen molar-refractivity contribution in [3.63, 3.8) is 0 Å². The molecule has 2 rings (SSSR count). The number of allylic oxidation sites excluding steroid dienone is 8. The Bertz CT molecular complexity index is 347. The molecule has 0 saturated heterocycles. The van der Waals surface area contributed by atoms with Gasteiger partial charge in [-0.3, -0.25) is 12.2 Å². The van der Waals surface area contributed by atoms with E-state index in [0.29, 0.717) is 0 Å². The van der Waals surface area contributed by atoms with Crippen LogP contribution in [0.4, 0.5) is 0 Å². The van der Waals surface area contributed by atoms with Gasteiger partial charge < -0.3 is 14.9 Å². The van der Waals surface area contributed by atoms with Gasteiger partial charge in [0, 0.05) is 0 Å². The molecule has 0 nitrogen and oxygen atoms in total. The average Bonchev–Trinajstić information content (AvgIpc) is 3.01. The molecule has 0 fully saturated rings. The summed E-state index contributed by atoms with van der Waals surface area (Å²) in [4.78, 5) is 0. The summed E-state index contributed by atoms with van der Waals surface area (Å²) in [6.45, 7) is 10.6. The van der Waals surface area contributed by atoms with E-state index >= 15 is 0 Å². The first-order valence-corrected chi connectivity index (χ1v) is 12.5. The van der Waals surface area contributed by atoms with Crippen LogP contribution >= 0.6 is 24.8 Å². The quantitative estimate of drug-likeness (QED) is 0.379. The van der Waals surface area contributed by atoms with Crippen LogP contribution in [0.1, 0.15) is 53.4 Å². The van der Waals surface area contributed by atoms with Crippen LogP contribution in [0, 0.1) is 27.0 Å². The van der Waals surface area contributed by atoms with Crippen molar-refractivity contribution < 1.29 is 23.3 Å². The molecular formula is C18H32Cl2SiZr-4. The summed E-state index contributed by atoms with van der Waals surface area (Å²) in [5.74, 6) is 0. The third kappa shape index (κ3) is 15.5. The van der Waals surface area contributed by atoms with Crippen LogP contribution in [-0.4, -0.2) is 6.88 Å². The molecule has 0 bridgehead atoms. The summed E-state index contributed by atoms with van der Waals surface area (Å²) in [6, 6.07) is 0. The first-order chi connectivity index (χ1) is 8.65. The van der Waals surface area contributed by atoms with E-state index < -0.39 is 0 Å². The molecule has 4 heteroatoms. The monoisotopic (exact) mass is 436 g/mol. The van der Waals surface area contributed by atoms with Gasteiger partial charge in [-0.2, -0.15) is 11.1 Å². The molecule has 0 aromatic rings. The second kappa shape index (κ2) is 21.6. The first-order valence-electron chi connectivity index (χ1n) is 6.54. The van der Waals surface area contributed by atoms with Gasteiger partial charge in [-0.1, -0.05) is 40.5 Å². The van der Waals surface area contributed by atoms with Gasteiger partial charge in [-0.05, 0) is 0 Å².